The Hall–Kier alpha value is -2.51. The van der Waals surface area contributed by atoms with E-state index < -0.39 is 5.91 Å². The fourth-order valence-corrected chi connectivity index (χ4v) is 3.62. The minimum atomic E-state index is -0.403. The van der Waals surface area contributed by atoms with Crippen molar-refractivity contribution < 1.29 is 4.79 Å². The zero-order valence-electron chi connectivity index (χ0n) is 14.1. The Kier molecular flexibility index (Phi) is 6.14. The number of nitrogens with one attached hydrogen (secondary N) is 2. The van der Waals surface area contributed by atoms with E-state index in [2.05, 4.69) is 15.3 Å². The first-order chi connectivity index (χ1) is 12.7. The van der Waals surface area contributed by atoms with E-state index in [1.165, 1.54) is 17.8 Å². The second-order valence-corrected chi connectivity index (χ2v) is 7.36. The molecule has 0 atom stereocenters. The molecule has 5 nitrogen and oxygen atoms in total. The molecule has 0 spiro atoms. The van der Waals surface area contributed by atoms with Gasteiger partial charge in [-0.1, -0.05) is 42.1 Å². The predicted octanol–water partition coefficient (Wildman–Crippen LogP) is 4.04. The Labute approximate surface area is 159 Å². The van der Waals surface area contributed by atoms with Crippen molar-refractivity contribution in [2.75, 3.05) is 11.6 Å². The summed E-state index contributed by atoms with van der Waals surface area (Å²) in [6.07, 6.45) is 1.91. The molecule has 1 amide bonds. The largest absolute Gasteiger partial charge is 0.320 e. The fourth-order valence-electron chi connectivity index (χ4n) is 2.29. The summed E-state index contributed by atoms with van der Waals surface area (Å²) in [5, 5.41) is 2.86. The lowest BCUT2D eigenvalue weighted by atomic mass is 10.3. The zero-order chi connectivity index (χ0) is 18.4. The molecule has 0 aliphatic rings. The van der Waals surface area contributed by atoms with Gasteiger partial charge in [-0.2, -0.15) is 11.8 Å². The van der Waals surface area contributed by atoms with E-state index >= 15 is 0 Å². The SMILES string of the molecule is CSCc1nc(C(=O)Nc2ccccc2Sc2ccccc2)cc(=O)[nH]1. The Morgan fingerprint density at radius 3 is 2.62 bits per heavy atom. The lowest BCUT2D eigenvalue weighted by molar-refractivity contribution is 0.102. The standard InChI is InChI=1S/C19H17N3O2S2/c1-25-12-17-20-15(11-18(23)22-17)19(24)21-14-9-5-6-10-16(14)26-13-7-3-2-4-8-13/h2-11H,12H2,1H3,(H,21,24)(H,20,22,23). The van der Waals surface area contributed by atoms with Crippen LogP contribution in [0.15, 0.2) is 75.2 Å². The highest BCUT2D eigenvalue weighted by molar-refractivity contribution is 7.99. The van der Waals surface area contributed by atoms with Crippen LogP contribution in [-0.4, -0.2) is 22.1 Å². The molecule has 0 radical (unpaired) electrons. The summed E-state index contributed by atoms with van der Waals surface area (Å²) in [7, 11) is 0. The van der Waals surface area contributed by atoms with Crippen molar-refractivity contribution in [2.45, 2.75) is 15.5 Å². The van der Waals surface area contributed by atoms with E-state index in [4.69, 9.17) is 0 Å². The Bertz CT molecular complexity index is 958. The minimum Gasteiger partial charge on any atom is -0.320 e. The molecule has 26 heavy (non-hydrogen) atoms. The van der Waals surface area contributed by atoms with Gasteiger partial charge in [0, 0.05) is 15.9 Å². The summed E-state index contributed by atoms with van der Waals surface area (Å²) in [4.78, 5) is 33.2. The monoisotopic (exact) mass is 383 g/mol. The van der Waals surface area contributed by atoms with E-state index in [0.717, 1.165) is 9.79 Å². The number of carbonyl (C=O) groups excluding carboxylic acids is 1. The van der Waals surface area contributed by atoms with Gasteiger partial charge in [0.1, 0.15) is 11.5 Å². The Morgan fingerprint density at radius 2 is 1.85 bits per heavy atom. The molecular formula is C19H17N3O2S2. The van der Waals surface area contributed by atoms with Crippen molar-refractivity contribution >= 4 is 35.1 Å². The molecule has 2 aromatic carbocycles. The summed E-state index contributed by atoms with van der Waals surface area (Å²) >= 11 is 3.08. The number of rotatable bonds is 6. The smallest absolute Gasteiger partial charge is 0.274 e. The molecule has 132 valence electrons. The average Bonchev–Trinajstić information content (AvgIpc) is 2.64. The fraction of sp³-hybridized carbons (Fsp3) is 0.105. The number of anilines is 1. The number of hydrogen-bond acceptors (Lipinski definition) is 5. The topological polar surface area (TPSA) is 74.8 Å². The van der Waals surface area contributed by atoms with E-state index in [1.807, 2.05) is 60.9 Å². The molecule has 0 saturated carbocycles. The van der Waals surface area contributed by atoms with Gasteiger partial charge in [-0.15, -0.1) is 0 Å². The van der Waals surface area contributed by atoms with Gasteiger partial charge in [0.05, 0.1) is 11.4 Å². The number of aromatic amines is 1. The maximum absolute atomic E-state index is 12.6. The third-order valence-corrected chi connectivity index (χ3v) is 5.06. The van der Waals surface area contributed by atoms with Crippen molar-refractivity contribution in [3.05, 3.63) is 82.5 Å². The number of amides is 1. The lowest BCUT2D eigenvalue weighted by Gasteiger charge is -2.11. The Balaban J connectivity index is 1.83. The van der Waals surface area contributed by atoms with Gasteiger partial charge in [-0.3, -0.25) is 9.59 Å². The predicted molar refractivity (Wildman–Crippen MR) is 107 cm³/mol. The van der Waals surface area contributed by atoms with E-state index in [0.29, 0.717) is 17.3 Å². The highest BCUT2D eigenvalue weighted by Gasteiger charge is 2.13. The van der Waals surface area contributed by atoms with Crippen LogP contribution < -0.4 is 10.9 Å². The molecule has 0 bridgehead atoms. The molecule has 0 fully saturated rings. The molecule has 3 rings (SSSR count). The van der Waals surface area contributed by atoms with Gasteiger partial charge in [0.15, 0.2) is 0 Å². The molecule has 0 aliphatic heterocycles. The quantitative estimate of drug-likeness (QED) is 0.672. The van der Waals surface area contributed by atoms with Gasteiger partial charge in [-0.05, 0) is 30.5 Å². The second kappa shape index (κ2) is 8.73. The molecular weight excluding hydrogens is 366 g/mol. The molecule has 2 N–H and O–H groups in total. The molecule has 3 aromatic rings. The zero-order valence-corrected chi connectivity index (χ0v) is 15.7. The van der Waals surface area contributed by atoms with Crippen molar-refractivity contribution in [3.63, 3.8) is 0 Å². The summed E-state index contributed by atoms with van der Waals surface area (Å²) in [5.74, 6) is 0.623. The highest BCUT2D eigenvalue weighted by atomic mass is 32.2. The van der Waals surface area contributed by atoms with Gasteiger partial charge in [-0.25, -0.2) is 4.98 Å². The first kappa shape index (κ1) is 18.3. The van der Waals surface area contributed by atoms with Crippen LogP contribution in [0.5, 0.6) is 0 Å². The van der Waals surface area contributed by atoms with Crippen LogP contribution in [0.4, 0.5) is 5.69 Å². The molecule has 1 heterocycles. The summed E-state index contributed by atoms with van der Waals surface area (Å²) in [5.41, 5.74) is 0.457. The van der Waals surface area contributed by atoms with Gasteiger partial charge >= 0.3 is 0 Å². The number of carbonyl (C=O) groups is 1. The number of nitrogens with zero attached hydrogens (tertiary/aromatic N) is 1. The normalized spacial score (nSPS) is 10.5. The van der Waals surface area contributed by atoms with E-state index in [9.17, 15) is 9.59 Å². The van der Waals surface area contributed by atoms with Crippen molar-refractivity contribution in [1.82, 2.24) is 9.97 Å². The number of aromatic nitrogens is 2. The van der Waals surface area contributed by atoms with Crippen molar-refractivity contribution in [3.8, 4) is 0 Å². The first-order valence-electron chi connectivity index (χ1n) is 7.88. The molecule has 1 aromatic heterocycles. The van der Waals surface area contributed by atoms with Crippen LogP contribution in [0.2, 0.25) is 0 Å². The van der Waals surface area contributed by atoms with Crippen molar-refractivity contribution in [1.29, 1.82) is 0 Å². The molecule has 0 unspecified atom stereocenters. The summed E-state index contributed by atoms with van der Waals surface area (Å²) < 4.78 is 0. The average molecular weight is 383 g/mol. The maximum atomic E-state index is 12.6. The second-order valence-electron chi connectivity index (χ2n) is 5.38. The highest BCUT2D eigenvalue weighted by Crippen LogP contribution is 2.33. The summed E-state index contributed by atoms with van der Waals surface area (Å²) in [6.45, 7) is 0. The van der Waals surface area contributed by atoms with Crippen LogP contribution >= 0.6 is 23.5 Å². The number of para-hydroxylation sites is 1. The summed E-state index contributed by atoms with van der Waals surface area (Å²) in [6, 6.07) is 18.7. The minimum absolute atomic E-state index is 0.109. The van der Waals surface area contributed by atoms with Gasteiger partial charge in [0.2, 0.25) is 0 Å². The molecule has 0 aliphatic carbocycles. The van der Waals surface area contributed by atoms with Crippen LogP contribution in [-0.2, 0) is 5.75 Å². The third kappa shape index (κ3) is 4.77. The van der Waals surface area contributed by atoms with E-state index in [1.54, 1.807) is 11.8 Å². The number of H-pyrrole nitrogens is 1. The number of benzene rings is 2. The molecule has 0 saturated heterocycles. The van der Waals surface area contributed by atoms with Crippen molar-refractivity contribution in [2.24, 2.45) is 0 Å². The van der Waals surface area contributed by atoms with Gasteiger partial charge < -0.3 is 10.3 Å². The van der Waals surface area contributed by atoms with Gasteiger partial charge in [0.25, 0.3) is 11.5 Å². The molecule has 7 heteroatoms. The number of thioether (sulfide) groups is 1. The van der Waals surface area contributed by atoms with Crippen LogP contribution in [0, 0.1) is 0 Å². The van der Waals surface area contributed by atoms with Crippen LogP contribution in [0.1, 0.15) is 16.3 Å². The van der Waals surface area contributed by atoms with E-state index in [-0.39, 0.29) is 11.3 Å². The lowest BCUT2D eigenvalue weighted by Crippen LogP contribution is -2.20. The van der Waals surface area contributed by atoms with Crippen LogP contribution in [0.3, 0.4) is 0 Å². The van der Waals surface area contributed by atoms with Crippen LogP contribution in [0.25, 0.3) is 0 Å². The first-order valence-corrected chi connectivity index (χ1v) is 10.1. The number of hydrogen-bond donors (Lipinski definition) is 2. The Morgan fingerprint density at radius 1 is 1.12 bits per heavy atom. The maximum Gasteiger partial charge on any atom is 0.274 e. The third-order valence-electron chi connectivity index (χ3n) is 3.41.